The lowest BCUT2D eigenvalue weighted by Gasteiger charge is -2.07. The molecular formula is C14H14N4O3. The van der Waals surface area contributed by atoms with Gasteiger partial charge in [-0.25, -0.2) is 9.97 Å². The van der Waals surface area contributed by atoms with Gasteiger partial charge >= 0.3 is 0 Å². The first-order valence-corrected chi connectivity index (χ1v) is 6.30. The molecule has 0 radical (unpaired) electrons. The third-order valence-electron chi connectivity index (χ3n) is 3.01. The van der Waals surface area contributed by atoms with E-state index in [0.29, 0.717) is 11.1 Å². The van der Waals surface area contributed by atoms with E-state index in [1.807, 2.05) is 0 Å². The van der Waals surface area contributed by atoms with E-state index < -0.39 is 4.92 Å². The number of aromatic nitrogens is 2. The summed E-state index contributed by atoms with van der Waals surface area (Å²) in [5.74, 6) is -0.0905. The zero-order valence-electron chi connectivity index (χ0n) is 11.7. The summed E-state index contributed by atoms with van der Waals surface area (Å²) in [6.45, 7) is 3.42. The van der Waals surface area contributed by atoms with Crippen LogP contribution in [0.15, 0.2) is 30.5 Å². The summed E-state index contributed by atoms with van der Waals surface area (Å²) in [7, 11) is 0. The Morgan fingerprint density at radius 2 is 2.10 bits per heavy atom. The number of hydrogen-bond acceptors (Lipinski definition) is 5. The summed E-state index contributed by atoms with van der Waals surface area (Å²) < 4.78 is 0. The maximum atomic E-state index is 12.0. The Kier molecular flexibility index (Phi) is 4.22. The summed E-state index contributed by atoms with van der Waals surface area (Å²) in [6, 6.07) is 6.40. The number of hydrogen-bond donors (Lipinski definition) is 1. The Morgan fingerprint density at radius 3 is 2.76 bits per heavy atom. The molecule has 108 valence electrons. The number of anilines is 1. The molecule has 2 rings (SSSR count). The third kappa shape index (κ3) is 3.59. The Labute approximate surface area is 121 Å². The van der Waals surface area contributed by atoms with Crippen LogP contribution in [-0.4, -0.2) is 20.8 Å². The molecule has 0 saturated carbocycles. The smallest absolute Gasteiger partial charge is 0.272 e. The van der Waals surface area contributed by atoms with Gasteiger partial charge in [-0.15, -0.1) is 0 Å². The van der Waals surface area contributed by atoms with E-state index in [4.69, 9.17) is 0 Å². The number of nitrogens with one attached hydrogen (secondary N) is 1. The van der Waals surface area contributed by atoms with Crippen molar-refractivity contribution in [2.24, 2.45) is 0 Å². The fourth-order valence-corrected chi connectivity index (χ4v) is 1.91. The summed E-state index contributed by atoms with van der Waals surface area (Å²) in [4.78, 5) is 30.4. The molecule has 21 heavy (non-hydrogen) atoms. The van der Waals surface area contributed by atoms with Gasteiger partial charge in [0, 0.05) is 23.5 Å². The van der Waals surface area contributed by atoms with Crippen LogP contribution >= 0.6 is 0 Å². The molecule has 0 saturated heterocycles. The molecule has 1 aromatic carbocycles. The molecule has 2 aromatic rings. The molecule has 0 spiro atoms. The normalized spacial score (nSPS) is 10.2. The molecule has 1 N–H and O–H groups in total. The average Bonchev–Trinajstić information content (AvgIpc) is 2.40. The van der Waals surface area contributed by atoms with Crippen molar-refractivity contribution in [3.05, 3.63) is 57.4 Å². The van der Waals surface area contributed by atoms with Crippen molar-refractivity contribution in [2.45, 2.75) is 20.3 Å². The summed E-state index contributed by atoms with van der Waals surface area (Å²) in [5.41, 5.74) is 1.84. The van der Waals surface area contributed by atoms with Gasteiger partial charge in [0.25, 0.3) is 5.69 Å². The van der Waals surface area contributed by atoms with Crippen molar-refractivity contribution in [3.8, 4) is 0 Å². The lowest BCUT2D eigenvalue weighted by molar-refractivity contribution is -0.385. The predicted octanol–water partition coefficient (Wildman–Crippen LogP) is 2.18. The van der Waals surface area contributed by atoms with Gasteiger partial charge in [0.05, 0.1) is 11.3 Å². The van der Waals surface area contributed by atoms with E-state index in [2.05, 4.69) is 15.3 Å². The highest BCUT2D eigenvalue weighted by atomic mass is 16.6. The van der Waals surface area contributed by atoms with Crippen LogP contribution in [0.4, 0.5) is 11.6 Å². The number of carbonyl (C=O) groups is 1. The molecule has 1 heterocycles. The van der Waals surface area contributed by atoms with Gasteiger partial charge in [0.15, 0.2) is 0 Å². The number of nitro benzene ring substituents is 1. The molecule has 1 amide bonds. The Morgan fingerprint density at radius 1 is 1.33 bits per heavy atom. The van der Waals surface area contributed by atoms with Gasteiger partial charge in [-0.2, -0.15) is 0 Å². The van der Waals surface area contributed by atoms with Crippen LogP contribution in [0.3, 0.4) is 0 Å². The first-order valence-electron chi connectivity index (χ1n) is 6.30. The quantitative estimate of drug-likeness (QED) is 0.686. The van der Waals surface area contributed by atoms with Crippen LogP contribution in [0.25, 0.3) is 0 Å². The van der Waals surface area contributed by atoms with Gasteiger partial charge in [0.1, 0.15) is 0 Å². The van der Waals surface area contributed by atoms with E-state index in [0.717, 1.165) is 5.69 Å². The van der Waals surface area contributed by atoms with Gasteiger partial charge in [-0.05, 0) is 25.5 Å². The van der Waals surface area contributed by atoms with Gasteiger partial charge in [0.2, 0.25) is 11.9 Å². The fourth-order valence-electron chi connectivity index (χ4n) is 1.91. The predicted molar refractivity (Wildman–Crippen MR) is 76.9 cm³/mol. The number of nitro groups is 1. The Balaban J connectivity index is 2.13. The molecule has 0 aliphatic rings. The first-order chi connectivity index (χ1) is 9.97. The fraction of sp³-hybridized carbons (Fsp3) is 0.214. The minimum Gasteiger partial charge on any atom is -0.294 e. The van der Waals surface area contributed by atoms with Gasteiger partial charge < -0.3 is 0 Å². The Bertz CT molecular complexity index is 700. The number of rotatable bonds is 4. The standard InChI is InChI=1S/C14H14N4O3/c1-9-6-7-15-14(16-9)17-13(19)8-11-4-3-5-12(10(11)2)18(20)21/h3-7H,8H2,1-2H3,(H,15,16,17,19). The van der Waals surface area contributed by atoms with E-state index in [-0.39, 0.29) is 24.0 Å². The molecule has 0 aliphatic carbocycles. The zero-order chi connectivity index (χ0) is 15.4. The van der Waals surface area contributed by atoms with Crippen molar-refractivity contribution in [1.29, 1.82) is 0 Å². The molecule has 0 aliphatic heterocycles. The third-order valence-corrected chi connectivity index (χ3v) is 3.01. The highest BCUT2D eigenvalue weighted by Gasteiger charge is 2.15. The molecule has 0 fully saturated rings. The maximum Gasteiger partial charge on any atom is 0.272 e. The van der Waals surface area contributed by atoms with Crippen molar-refractivity contribution in [3.63, 3.8) is 0 Å². The highest BCUT2D eigenvalue weighted by molar-refractivity contribution is 5.91. The van der Waals surface area contributed by atoms with E-state index in [1.165, 1.54) is 6.07 Å². The molecule has 1 aromatic heterocycles. The number of nitrogens with zero attached hydrogens (tertiary/aromatic N) is 3. The molecule has 7 heteroatoms. The average molecular weight is 286 g/mol. The second kappa shape index (κ2) is 6.08. The SMILES string of the molecule is Cc1ccnc(NC(=O)Cc2cccc([N+](=O)[O-])c2C)n1. The van der Waals surface area contributed by atoms with Crippen LogP contribution in [0, 0.1) is 24.0 Å². The summed E-state index contributed by atoms with van der Waals surface area (Å²) in [5, 5.41) is 13.4. The second-order valence-corrected chi connectivity index (χ2v) is 4.56. The van der Waals surface area contributed by atoms with E-state index in [9.17, 15) is 14.9 Å². The van der Waals surface area contributed by atoms with Crippen molar-refractivity contribution in [1.82, 2.24) is 9.97 Å². The van der Waals surface area contributed by atoms with Gasteiger partial charge in [-0.3, -0.25) is 20.2 Å². The van der Waals surface area contributed by atoms with Crippen LogP contribution in [0.5, 0.6) is 0 Å². The molecule has 7 nitrogen and oxygen atoms in total. The highest BCUT2D eigenvalue weighted by Crippen LogP contribution is 2.21. The lowest BCUT2D eigenvalue weighted by atomic mass is 10.0. The van der Waals surface area contributed by atoms with Crippen LogP contribution < -0.4 is 5.32 Å². The molecular weight excluding hydrogens is 272 g/mol. The van der Waals surface area contributed by atoms with E-state index >= 15 is 0 Å². The lowest BCUT2D eigenvalue weighted by Crippen LogP contribution is -2.17. The molecule has 0 bridgehead atoms. The van der Waals surface area contributed by atoms with Crippen LogP contribution in [0.1, 0.15) is 16.8 Å². The van der Waals surface area contributed by atoms with Crippen molar-refractivity contribution >= 4 is 17.5 Å². The minimum atomic E-state index is -0.458. The number of amides is 1. The first kappa shape index (κ1) is 14.6. The zero-order valence-corrected chi connectivity index (χ0v) is 11.7. The van der Waals surface area contributed by atoms with E-state index in [1.54, 1.807) is 38.2 Å². The van der Waals surface area contributed by atoms with Gasteiger partial charge in [-0.1, -0.05) is 12.1 Å². The molecule has 0 unspecified atom stereocenters. The van der Waals surface area contributed by atoms with Crippen LogP contribution in [0.2, 0.25) is 0 Å². The summed E-state index contributed by atoms with van der Waals surface area (Å²) in [6.07, 6.45) is 1.58. The maximum absolute atomic E-state index is 12.0. The monoisotopic (exact) mass is 286 g/mol. The number of aryl methyl sites for hydroxylation is 1. The summed E-state index contributed by atoms with van der Waals surface area (Å²) >= 11 is 0. The Hall–Kier alpha value is -2.83. The number of benzene rings is 1. The topological polar surface area (TPSA) is 98.0 Å². The van der Waals surface area contributed by atoms with Crippen LogP contribution in [-0.2, 0) is 11.2 Å². The number of carbonyl (C=O) groups excluding carboxylic acids is 1. The second-order valence-electron chi connectivity index (χ2n) is 4.56. The molecule has 0 atom stereocenters. The minimum absolute atomic E-state index is 0.00658. The largest absolute Gasteiger partial charge is 0.294 e. The van der Waals surface area contributed by atoms with Crippen molar-refractivity contribution in [2.75, 3.05) is 5.32 Å². The van der Waals surface area contributed by atoms with Crippen molar-refractivity contribution < 1.29 is 9.72 Å².